The molecule has 0 radical (unpaired) electrons. The maximum absolute atomic E-state index is 5.79. The van der Waals surface area contributed by atoms with Gasteiger partial charge in [-0.25, -0.2) is 4.98 Å². The molecule has 6 heteroatoms. The molecule has 1 rings (SSSR count). The van der Waals surface area contributed by atoms with Gasteiger partial charge >= 0.3 is 0 Å². The van der Waals surface area contributed by atoms with Crippen molar-refractivity contribution in [1.82, 2.24) is 9.97 Å². The summed E-state index contributed by atoms with van der Waals surface area (Å²) in [6, 6.07) is 0. The highest BCUT2D eigenvalue weighted by Crippen LogP contribution is 2.10. The van der Waals surface area contributed by atoms with Gasteiger partial charge in [-0.15, -0.1) is 11.6 Å². The van der Waals surface area contributed by atoms with Gasteiger partial charge in [0.05, 0.1) is 31.0 Å². The molecule has 108 valence electrons. The first-order valence-electron chi connectivity index (χ1n) is 6.59. The van der Waals surface area contributed by atoms with Gasteiger partial charge in [0.15, 0.2) is 0 Å². The van der Waals surface area contributed by atoms with Crippen LogP contribution in [0.3, 0.4) is 0 Å². The molecule has 0 unspecified atom stereocenters. The van der Waals surface area contributed by atoms with E-state index in [1.807, 2.05) is 13.8 Å². The average molecular weight is 288 g/mol. The van der Waals surface area contributed by atoms with Crippen LogP contribution in [0.5, 0.6) is 0 Å². The molecular weight excluding hydrogens is 266 g/mol. The Balaban J connectivity index is 2.63. The molecule has 1 aromatic heterocycles. The molecular formula is C13H22ClN3O2. The normalized spacial score (nSPS) is 10.7. The van der Waals surface area contributed by atoms with Gasteiger partial charge in [0.1, 0.15) is 5.82 Å². The summed E-state index contributed by atoms with van der Waals surface area (Å²) in [6.45, 7) is 8.25. The van der Waals surface area contributed by atoms with E-state index in [9.17, 15) is 0 Å². The smallest absolute Gasteiger partial charge is 0.147 e. The molecule has 0 atom stereocenters. The fourth-order valence-electron chi connectivity index (χ4n) is 1.59. The third-order valence-electron chi connectivity index (χ3n) is 2.55. The van der Waals surface area contributed by atoms with Crippen molar-refractivity contribution in [1.29, 1.82) is 0 Å². The lowest BCUT2D eigenvalue weighted by Gasteiger charge is -2.23. The van der Waals surface area contributed by atoms with E-state index in [-0.39, 0.29) is 0 Å². The number of rotatable bonds is 10. The van der Waals surface area contributed by atoms with Crippen molar-refractivity contribution in [3.05, 3.63) is 18.1 Å². The second-order valence-electron chi connectivity index (χ2n) is 3.88. The van der Waals surface area contributed by atoms with Crippen LogP contribution in [0.1, 0.15) is 19.5 Å². The Hall–Kier alpha value is -0.910. The lowest BCUT2D eigenvalue weighted by atomic mass is 10.4. The second-order valence-corrected chi connectivity index (χ2v) is 4.15. The maximum Gasteiger partial charge on any atom is 0.147 e. The average Bonchev–Trinajstić information content (AvgIpc) is 2.46. The zero-order valence-electron chi connectivity index (χ0n) is 11.6. The van der Waals surface area contributed by atoms with Crippen LogP contribution in [-0.4, -0.2) is 49.5 Å². The van der Waals surface area contributed by atoms with Crippen molar-refractivity contribution >= 4 is 17.4 Å². The molecule has 0 fully saturated rings. The lowest BCUT2D eigenvalue weighted by molar-refractivity contribution is 0.141. The third-order valence-corrected chi connectivity index (χ3v) is 2.83. The van der Waals surface area contributed by atoms with Gasteiger partial charge in [0.25, 0.3) is 0 Å². The van der Waals surface area contributed by atoms with Gasteiger partial charge in [-0.3, -0.25) is 4.98 Å². The summed E-state index contributed by atoms with van der Waals surface area (Å²) in [4.78, 5) is 10.7. The van der Waals surface area contributed by atoms with Crippen LogP contribution in [0.15, 0.2) is 12.4 Å². The quantitative estimate of drug-likeness (QED) is 0.487. The molecule has 0 amide bonds. The van der Waals surface area contributed by atoms with E-state index < -0.39 is 0 Å². The number of halogens is 1. The van der Waals surface area contributed by atoms with Crippen molar-refractivity contribution < 1.29 is 9.47 Å². The first kappa shape index (κ1) is 16.1. The Labute approximate surface area is 119 Å². The summed E-state index contributed by atoms with van der Waals surface area (Å²) in [6.07, 6.45) is 3.42. The summed E-state index contributed by atoms with van der Waals surface area (Å²) < 4.78 is 10.8. The van der Waals surface area contributed by atoms with Crippen LogP contribution < -0.4 is 4.90 Å². The highest BCUT2D eigenvalue weighted by Gasteiger charge is 2.09. The molecule has 0 spiro atoms. The molecule has 19 heavy (non-hydrogen) atoms. The number of hydrogen-bond donors (Lipinski definition) is 0. The standard InChI is InChI=1S/C13H22ClN3O2/c1-3-18-7-5-17(6-8-19-4-2)13-11-15-10-12(9-14)16-13/h10-11H,3-9H2,1-2H3. The first-order valence-corrected chi connectivity index (χ1v) is 7.12. The fraction of sp³-hybridized carbons (Fsp3) is 0.692. The number of nitrogens with zero attached hydrogens (tertiary/aromatic N) is 3. The minimum absolute atomic E-state index is 0.367. The van der Waals surface area contributed by atoms with E-state index in [1.165, 1.54) is 0 Å². The Morgan fingerprint density at radius 2 is 1.74 bits per heavy atom. The second kappa shape index (κ2) is 9.95. The minimum atomic E-state index is 0.367. The van der Waals surface area contributed by atoms with E-state index in [0.29, 0.717) is 32.3 Å². The Bertz CT molecular complexity index is 342. The van der Waals surface area contributed by atoms with Crippen LogP contribution in [0.2, 0.25) is 0 Å². The van der Waals surface area contributed by atoms with Crippen LogP contribution >= 0.6 is 11.6 Å². The van der Waals surface area contributed by atoms with Gasteiger partial charge < -0.3 is 14.4 Å². The van der Waals surface area contributed by atoms with Crippen molar-refractivity contribution in [2.24, 2.45) is 0 Å². The minimum Gasteiger partial charge on any atom is -0.380 e. The summed E-state index contributed by atoms with van der Waals surface area (Å²) in [5.41, 5.74) is 0.775. The molecule has 0 aromatic carbocycles. The largest absolute Gasteiger partial charge is 0.380 e. The molecule has 0 aliphatic rings. The highest BCUT2D eigenvalue weighted by atomic mass is 35.5. The van der Waals surface area contributed by atoms with Crippen LogP contribution in [-0.2, 0) is 15.4 Å². The fourth-order valence-corrected chi connectivity index (χ4v) is 1.72. The zero-order valence-corrected chi connectivity index (χ0v) is 12.4. The van der Waals surface area contributed by atoms with E-state index in [1.54, 1.807) is 12.4 Å². The van der Waals surface area contributed by atoms with Crippen molar-refractivity contribution in [2.75, 3.05) is 44.4 Å². The van der Waals surface area contributed by atoms with E-state index in [2.05, 4.69) is 14.9 Å². The number of anilines is 1. The maximum atomic E-state index is 5.79. The number of hydrogen-bond acceptors (Lipinski definition) is 5. The summed E-state index contributed by atoms with van der Waals surface area (Å²) in [5, 5.41) is 0. The monoisotopic (exact) mass is 287 g/mol. The van der Waals surface area contributed by atoms with Gasteiger partial charge in [-0.05, 0) is 13.8 Å². The molecule has 1 heterocycles. The summed E-state index contributed by atoms with van der Waals surface area (Å²) >= 11 is 5.79. The predicted molar refractivity (Wildman–Crippen MR) is 76.8 cm³/mol. The molecule has 0 saturated carbocycles. The topological polar surface area (TPSA) is 47.5 Å². The van der Waals surface area contributed by atoms with Gasteiger partial charge in [0.2, 0.25) is 0 Å². The molecule has 0 N–H and O–H groups in total. The first-order chi connectivity index (χ1) is 9.31. The Morgan fingerprint density at radius 1 is 1.11 bits per heavy atom. The van der Waals surface area contributed by atoms with E-state index in [0.717, 1.165) is 24.6 Å². The van der Waals surface area contributed by atoms with Crippen LogP contribution in [0, 0.1) is 0 Å². The van der Waals surface area contributed by atoms with Gasteiger partial charge in [0, 0.05) is 32.5 Å². The van der Waals surface area contributed by atoms with Gasteiger partial charge in [-0.2, -0.15) is 0 Å². The molecule has 0 aliphatic carbocycles. The van der Waals surface area contributed by atoms with E-state index in [4.69, 9.17) is 21.1 Å². The third kappa shape index (κ3) is 6.18. The lowest BCUT2D eigenvalue weighted by Crippen LogP contribution is -2.32. The molecule has 0 aliphatic heterocycles. The SMILES string of the molecule is CCOCCN(CCOCC)c1cncc(CCl)n1. The molecule has 5 nitrogen and oxygen atoms in total. The van der Waals surface area contributed by atoms with Gasteiger partial charge in [-0.1, -0.05) is 0 Å². The van der Waals surface area contributed by atoms with Crippen molar-refractivity contribution in [3.63, 3.8) is 0 Å². The molecule has 0 saturated heterocycles. The van der Waals surface area contributed by atoms with Crippen molar-refractivity contribution in [2.45, 2.75) is 19.7 Å². The highest BCUT2D eigenvalue weighted by molar-refractivity contribution is 6.16. The number of aromatic nitrogens is 2. The summed E-state index contributed by atoms with van der Waals surface area (Å²) in [7, 11) is 0. The number of ether oxygens (including phenoxy) is 2. The molecule has 0 bridgehead atoms. The predicted octanol–water partition coefficient (Wildman–Crippen LogP) is 2.09. The van der Waals surface area contributed by atoms with E-state index >= 15 is 0 Å². The summed E-state index contributed by atoms with van der Waals surface area (Å²) in [5.74, 6) is 1.18. The zero-order chi connectivity index (χ0) is 13.9. The van der Waals surface area contributed by atoms with Crippen molar-refractivity contribution in [3.8, 4) is 0 Å². The van der Waals surface area contributed by atoms with Crippen LogP contribution in [0.4, 0.5) is 5.82 Å². The van der Waals surface area contributed by atoms with Crippen LogP contribution in [0.25, 0.3) is 0 Å². The Kier molecular flexibility index (Phi) is 8.45. The number of alkyl halides is 1. The molecule has 1 aromatic rings. The Morgan fingerprint density at radius 3 is 2.26 bits per heavy atom.